The van der Waals surface area contributed by atoms with E-state index in [0.29, 0.717) is 6.61 Å². The van der Waals surface area contributed by atoms with Crippen LogP contribution >= 0.6 is 23.2 Å². The number of carbonyl (C=O) groups is 2. The van der Waals surface area contributed by atoms with Gasteiger partial charge in [-0.1, -0.05) is 0 Å². The van der Waals surface area contributed by atoms with Crippen molar-refractivity contribution < 1.29 is 19.1 Å². The Morgan fingerprint density at radius 3 is 2.20 bits per heavy atom. The molecule has 116 valence electrons. The zero-order chi connectivity index (χ0) is 14.8. The Bertz CT molecular complexity index is 292. The smallest absolute Gasteiger partial charge is 0.235 e. The summed E-state index contributed by atoms with van der Waals surface area (Å²) in [6.45, 7) is 1.18. The van der Waals surface area contributed by atoms with E-state index in [2.05, 4.69) is 10.6 Å². The molecule has 1 aliphatic heterocycles. The van der Waals surface area contributed by atoms with E-state index in [1.165, 1.54) is 0 Å². The summed E-state index contributed by atoms with van der Waals surface area (Å²) in [5.74, 6) is -0.788. The molecule has 0 spiro atoms. The summed E-state index contributed by atoms with van der Waals surface area (Å²) >= 11 is 10.8. The number of hydrogen-bond acceptors (Lipinski definition) is 4. The van der Waals surface area contributed by atoms with Crippen molar-refractivity contribution in [3.63, 3.8) is 0 Å². The van der Waals surface area contributed by atoms with Crippen molar-refractivity contribution in [1.29, 1.82) is 0 Å². The molecule has 0 aromatic carbocycles. The molecule has 1 heterocycles. The second-order valence-electron chi connectivity index (χ2n) is 4.43. The standard InChI is InChI=1S/C12H20Cl2N2O4/c13-5-10(17)15-7-9(8-16-11(18)6-14)20-12-3-1-2-4-19-12/h9,12H,1-8H2,(H,15,17)(H,16,18). The van der Waals surface area contributed by atoms with E-state index in [1.54, 1.807) is 0 Å². The first-order valence-corrected chi connectivity index (χ1v) is 7.65. The first kappa shape index (κ1) is 17.5. The number of alkyl halides is 2. The molecule has 0 aromatic rings. The molecular weight excluding hydrogens is 307 g/mol. The minimum atomic E-state index is -0.377. The molecule has 1 saturated heterocycles. The van der Waals surface area contributed by atoms with Gasteiger partial charge >= 0.3 is 0 Å². The van der Waals surface area contributed by atoms with Crippen LogP contribution in [0.3, 0.4) is 0 Å². The maximum atomic E-state index is 11.2. The quantitative estimate of drug-likeness (QED) is 0.641. The average molecular weight is 327 g/mol. The summed E-state index contributed by atoms with van der Waals surface area (Å²) < 4.78 is 11.2. The molecule has 1 atom stereocenters. The largest absolute Gasteiger partial charge is 0.353 e. The van der Waals surface area contributed by atoms with Gasteiger partial charge in [-0.25, -0.2) is 0 Å². The van der Waals surface area contributed by atoms with Crippen LogP contribution < -0.4 is 10.6 Å². The van der Waals surface area contributed by atoms with E-state index in [4.69, 9.17) is 32.7 Å². The van der Waals surface area contributed by atoms with E-state index >= 15 is 0 Å². The average Bonchev–Trinajstić information content (AvgIpc) is 2.50. The molecule has 1 unspecified atom stereocenters. The summed E-state index contributed by atoms with van der Waals surface area (Å²) in [4.78, 5) is 22.3. The minimum Gasteiger partial charge on any atom is -0.353 e. The summed E-state index contributed by atoms with van der Waals surface area (Å²) in [6.07, 6.45) is 2.20. The van der Waals surface area contributed by atoms with Crippen LogP contribution in [-0.2, 0) is 19.1 Å². The number of nitrogens with one attached hydrogen (secondary N) is 2. The molecule has 0 bridgehead atoms. The number of hydrogen-bond donors (Lipinski definition) is 2. The number of carbonyl (C=O) groups excluding carboxylic acids is 2. The van der Waals surface area contributed by atoms with Crippen molar-refractivity contribution in [2.45, 2.75) is 31.7 Å². The van der Waals surface area contributed by atoms with E-state index in [9.17, 15) is 9.59 Å². The molecule has 2 N–H and O–H groups in total. The molecule has 6 nitrogen and oxygen atoms in total. The van der Waals surface area contributed by atoms with Crippen LogP contribution in [0.1, 0.15) is 19.3 Å². The highest BCUT2D eigenvalue weighted by Gasteiger charge is 2.20. The zero-order valence-corrected chi connectivity index (χ0v) is 12.7. The van der Waals surface area contributed by atoms with Crippen LogP contribution in [0.4, 0.5) is 0 Å². The maximum Gasteiger partial charge on any atom is 0.235 e. The highest BCUT2D eigenvalue weighted by atomic mass is 35.5. The Hall–Kier alpha value is -0.560. The Balaban J connectivity index is 2.39. The van der Waals surface area contributed by atoms with Crippen molar-refractivity contribution in [3.8, 4) is 0 Å². The second kappa shape index (κ2) is 10.2. The monoisotopic (exact) mass is 326 g/mol. The lowest BCUT2D eigenvalue weighted by molar-refractivity contribution is -0.186. The predicted octanol–water partition coefficient (Wildman–Crippen LogP) is 0.608. The van der Waals surface area contributed by atoms with Crippen LogP contribution in [0, 0.1) is 0 Å². The molecule has 2 amide bonds. The maximum absolute atomic E-state index is 11.2. The van der Waals surface area contributed by atoms with Crippen LogP contribution in [0.2, 0.25) is 0 Å². The summed E-state index contributed by atoms with van der Waals surface area (Å²) in [7, 11) is 0. The Morgan fingerprint density at radius 1 is 1.15 bits per heavy atom. The third-order valence-corrected chi connectivity index (χ3v) is 3.26. The predicted molar refractivity (Wildman–Crippen MR) is 75.9 cm³/mol. The van der Waals surface area contributed by atoms with E-state index in [-0.39, 0.29) is 49.1 Å². The zero-order valence-electron chi connectivity index (χ0n) is 11.2. The van der Waals surface area contributed by atoms with Gasteiger partial charge in [-0.2, -0.15) is 0 Å². The molecule has 20 heavy (non-hydrogen) atoms. The lowest BCUT2D eigenvalue weighted by Gasteiger charge is -2.28. The van der Waals surface area contributed by atoms with Crippen LogP contribution in [0.5, 0.6) is 0 Å². The highest BCUT2D eigenvalue weighted by molar-refractivity contribution is 6.27. The second-order valence-corrected chi connectivity index (χ2v) is 4.96. The van der Waals surface area contributed by atoms with Gasteiger partial charge in [0.15, 0.2) is 6.29 Å². The van der Waals surface area contributed by atoms with Crippen molar-refractivity contribution in [3.05, 3.63) is 0 Å². The summed E-state index contributed by atoms with van der Waals surface area (Å²) in [5, 5.41) is 5.26. The molecule has 1 fully saturated rings. The lowest BCUT2D eigenvalue weighted by Crippen LogP contribution is -2.44. The Labute approximate surface area is 128 Å². The summed E-state index contributed by atoms with van der Waals surface area (Å²) in [5.41, 5.74) is 0. The number of amides is 2. The van der Waals surface area contributed by atoms with Crippen LogP contribution in [0.15, 0.2) is 0 Å². The van der Waals surface area contributed by atoms with Gasteiger partial charge in [0, 0.05) is 19.7 Å². The molecule has 1 rings (SSSR count). The van der Waals surface area contributed by atoms with Crippen molar-refractivity contribution >= 4 is 35.0 Å². The van der Waals surface area contributed by atoms with Gasteiger partial charge in [0.25, 0.3) is 0 Å². The fraction of sp³-hybridized carbons (Fsp3) is 0.833. The molecule has 0 aliphatic carbocycles. The van der Waals surface area contributed by atoms with Gasteiger partial charge in [-0.15, -0.1) is 23.2 Å². The lowest BCUT2D eigenvalue weighted by atomic mass is 10.2. The summed E-state index contributed by atoms with van der Waals surface area (Å²) in [6, 6.07) is 0. The van der Waals surface area contributed by atoms with Crippen molar-refractivity contribution in [2.75, 3.05) is 31.5 Å². The minimum absolute atomic E-state index is 0.110. The first-order valence-electron chi connectivity index (χ1n) is 6.58. The number of rotatable bonds is 8. The SMILES string of the molecule is O=C(CCl)NCC(CNC(=O)CCl)OC1CCCCO1. The molecule has 0 saturated carbocycles. The molecule has 0 aromatic heterocycles. The Morgan fingerprint density at radius 2 is 1.75 bits per heavy atom. The van der Waals surface area contributed by atoms with Crippen LogP contribution in [0.25, 0.3) is 0 Å². The first-order chi connectivity index (χ1) is 9.65. The number of ether oxygens (including phenoxy) is 2. The van der Waals surface area contributed by atoms with Gasteiger partial charge in [-0.3, -0.25) is 9.59 Å². The van der Waals surface area contributed by atoms with Crippen molar-refractivity contribution in [2.24, 2.45) is 0 Å². The van der Waals surface area contributed by atoms with E-state index in [1.807, 2.05) is 0 Å². The normalized spacial score (nSPS) is 18.9. The Kier molecular flexibility index (Phi) is 8.93. The van der Waals surface area contributed by atoms with E-state index in [0.717, 1.165) is 19.3 Å². The third kappa shape index (κ3) is 7.28. The van der Waals surface area contributed by atoms with Crippen molar-refractivity contribution in [1.82, 2.24) is 10.6 Å². The fourth-order valence-electron chi connectivity index (χ4n) is 1.75. The molecular formula is C12H20Cl2N2O4. The molecule has 1 aliphatic rings. The van der Waals surface area contributed by atoms with Gasteiger partial charge < -0.3 is 20.1 Å². The van der Waals surface area contributed by atoms with Crippen LogP contribution in [-0.4, -0.2) is 55.7 Å². The van der Waals surface area contributed by atoms with Gasteiger partial charge in [-0.05, 0) is 19.3 Å². The molecule has 8 heteroatoms. The third-order valence-electron chi connectivity index (χ3n) is 2.78. The topological polar surface area (TPSA) is 76.7 Å². The highest BCUT2D eigenvalue weighted by Crippen LogP contribution is 2.15. The number of halogens is 2. The fourth-order valence-corrected chi connectivity index (χ4v) is 1.94. The molecule has 0 radical (unpaired) electrons. The van der Waals surface area contributed by atoms with E-state index < -0.39 is 0 Å². The van der Waals surface area contributed by atoms with Gasteiger partial charge in [0.2, 0.25) is 11.8 Å². The van der Waals surface area contributed by atoms with Gasteiger partial charge in [0.05, 0.1) is 6.10 Å². The van der Waals surface area contributed by atoms with Gasteiger partial charge in [0.1, 0.15) is 11.8 Å².